The molecule has 0 aliphatic heterocycles. The molecule has 0 radical (unpaired) electrons. The van der Waals surface area contributed by atoms with Crippen LogP contribution in [-0.4, -0.2) is 23.8 Å². The first kappa shape index (κ1) is 15.1. The lowest BCUT2D eigenvalue weighted by molar-refractivity contribution is -0.127. The van der Waals surface area contributed by atoms with E-state index in [2.05, 4.69) is 5.32 Å². The van der Waals surface area contributed by atoms with Gasteiger partial charge >= 0.3 is 0 Å². The number of ether oxygens (including phenoxy) is 1. The molecule has 1 atom stereocenters. The van der Waals surface area contributed by atoms with Gasteiger partial charge in [-0.2, -0.15) is 0 Å². The Morgan fingerprint density at radius 3 is 2.42 bits per heavy atom. The van der Waals surface area contributed by atoms with Crippen molar-refractivity contribution in [2.75, 3.05) is 0 Å². The lowest BCUT2D eigenvalue weighted by atomic mass is 10.1. The van der Waals surface area contributed by atoms with E-state index in [1.807, 2.05) is 13.8 Å². The van der Waals surface area contributed by atoms with Crippen LogP contribution in [0.1, 0.15) is 38.1 Å². The molecule has 1 aromatic rings. The highest BCUT2D eigenvalue weighted by atomic mass is 19.1. The Morgan fingerprint density at radius 2 is 1.89 bits per heavy atom. The lowest BCUT2D eigenvalue weighted by Gasteiger charge is -2.18. The van der Waals surface area contributed by atoms with E-state index < -0.39 is 11.9 Å². The summed E-state index contributed by atoms with van der Waals surface area (Å²) in [7, 11) is 0. The Balaban J connectivity index is 2.89. The second-order valence-electron chi connectivity index (χ2n) is 4.62. The van der Waals surface area contributed by atoms with Crippen molar-refractivity contribution in [2.45, 2.75) is 39.8 Å². The van der Waals surface area contributed by atoms with Crippen LogP contribution in [0.25, 0.3) is 0 Å². The van der Waals surface area contributed by atoms with Gasteiger partial charge in [0.25, 0.3) is 5.91 Å². The van der Waals surface area contributed by atoms with Gasteiger partial charge in [-0.3, -0.25) is 9.59 Å². The fourth-order valence-corrected chi connectivity index (χ4v) is 1.53. The van der Waals surface area contributed by atoms with Crippen LogP contribution in [0, 0.1) is 5.82 Å². The number of ketones is 1. The van der Waals surface area contributed by atoms with Crippen molar-refractivity contribution < 1.29 is 18.7 Å². The molecule has 104 valence electrons. The number of rotatable bonds is 5. The molecule has 1 unspecified atom stereocenters. The zero-order valence-electron chi connectivity index (χ0n) is 11.5. The van der Waals surface area contributed by atoms with Gasteiger partial charge in [0, 0.05) is 12.1 Å². The van der Waals surface area contributed by atoms with Crippen LogP contribution in [0.3, 0.4) is 0 Å². The number of benzene rings is 1. The van der Waals surface area contributed by atoms with Gasteiger partial charge in [0.15, 0.2) is 11.9 Å². The Kier molecular flexibility index (Phi) is 5.03. The quantitative estimate of drug-likeness (QED) is 0.833. The van der Waals surface area contributed by atoms with Gasteiger partial charge in [-0.15, -0.1) is 0 Å². The van der Waals surface area contributed by atoms with E-state index in [9.17, 15) is 14.0 Å². The number of carbonyl (C=O) groups is 2. The van der Waals surface area contributed by atoms with Crippen LogP contribution in [0.4, 0.5) is 4.39 Å². The van der Waals surface area contributed by atoms with E-state index in [1.54, 1.807) is 6.92 Å². The maximum Gasteiger partial charge on any atom is 0.260 e. The van der Waals surface area contributed by atoms with Crippen LogP contribution in [0.5, 0.6) is 5.75 Å². The van der Waals surface area contributed by atoms with Crippen molar-refractivity contribution in [2.24, 2.45) is 0 Å². The van der Waals surface area contributed by atoms with Crippen molar-refractivity contribution in [1.82, 2.24) is 5.32 Å². The van der Waals surface area contributed by atoms with Gasteiger partial charge in [-0.25, -0.2) is 4.39 Å². The Bertz CT molecular complexity index is 486. The zero-order valence-corrected chi connectivity index (χ0v) is 11.5. The predicted octanol–water partition coefficient (Wildman–Crippen LogP) is 2.32. The third kappa shape index (κ3) is 4.35. The summed E-state index contributed by atoms with van der Waals surface area (Å²) in [6.45, 7) is 6.56. The first-order valence-corrected chi connectivity index (χ1v) is 6.08. The van der Waals surface area contributed by atoms with Crippen LogP contribution in [-0.2, 0) is 4.79 Å². The maximum atomic E-state index is 13.2. The summed E-state index contributed by atoms with van der Waals surface area (Å²) in [5, 5.41) is 2.68. The van der Waals surface area contributed by atoms with Crippen LogP contribution >= 0.6 is 0 Å². The number of hydrogen-bond acceptors (Lipinski definition) is 3. The molecule has 1 aromatic carbocycles. The zero-order chi connectivity index (χ0) is 14.6. The first-order valence-electron chi connectivity index (χ1n) is 6.08. The molecule has 0 heterocycles. The minimum atomic E-state index is -0.803. The average molecular weight is 267 g/mol. The summed E-state index contributed by atoms with van der Waals surface area (Å²) in [6, 6.07) is 3.62. The van der Waals surface area contributed by atoms with Gasteiger partial charge in [-0.05, 0) is 39.8 Å². The third-order valence-corrected chi connectivity index (χ3v) is 2.43. The van der Waals surface area contributed by atoms with Crippen LogP contribution in [0.15, 0.2) is 18.2 Å². The lowest BCUT2D eigenvalue weighted by Crippen LogP contribution is -2.40. The summed E-state index contributed by atoms with van der Waals surface area (Å²) in [5.41, 5.74) is 0.255. The minimum absolute atomic E-state index is 0.0154. The highest BCUT2D eigenvalue weighted by Crippen LogP contribution is 2.21. The number of nitrogens with one attached hydrogen (secondary N) is 1. The Hall–Kier alpha value is -1.91. The average Bonchev–Trinajstić information content (AvgIpc) is 2.27. The monoisotopic (exact) mass is 267 g/mol. The van der Waals surface area contributed by atoms with Crippen molar-refractivity contribution in [3.63, 3.8) is 0 Å². The summed E-state index contributed by atoms with van der Waals surface area (Å²) in [4.78, 5) is 23.1. The second kappa shape index (κ2) is 6.31. The van der Waals surface area contributed by atoms with Gasteiger partial charge in [0.2, 0.25) is 0 Å². The number of carbonyl (C=O) groups excluding carboxylic acids is 2. The molecule has 0 fully saturated rings. The molecular weight excluding hydrogens is 249 g/mol. The highest BCUT2D eigenvalue weighted by Gasteiger charge is 2.18. The number of amides is 1. The molecule has 19 heavy (non-hydrogen) atoms. The molecule has 1 N–H and O–H groups in total. The Morgan fingerprint density at radius 1 is 1.26 bits per heavy atom. The topological polar surface area (TPSA) is 55.4 Å². The third-order valence-electron chi connectivity index (χ3n) is 2.43. The van der Waals surface area contributed by atoms with Crippen molar-refractivity contribution in [3.8, 4) is 5.75 Å². The molecule has 1 rings (SSSR count). The molecule has 0 saturated heterocycles. The molecule has 0 bridgehead atoms. The highest BCUT2D eigenvalue weighted by molar-refractivity contribution is 5.97. The van der Waals surface area contributed by atoms with Gasteiger partial charge in [-0.1, -0.05) is 0 Å². The van der Waals surface area contributed by atoms with Gasteiger partial charge in [0.05, 0.1) is 5.56 Å². The van der Waals surface area contributed by atoms with Crippen LogP contribution < -0.4 is 10.1 Å². The van der Waals surface area contributed by atoms with Crippen LogP contribution in [0.2, 0.25) is 0 Å². The van der Waals surface area contributed by atoms with E-state index in [-0.39, 0.29) is 29.0 Å². The standard InChI is InChI=1S/C14H18FNO3/c1-8(2)16-14(18)10(4)19-13-7-11(15)5-6-12(13)9(3)17/h5-8,10H,1-4H3,(H,16,18). The van der Waals surface area contributed by atoms with Crippen molar-refractivity contribution >= 4 is 11.7 Å². The minimum Gasteiger partial charge on any atom is -0.480 e. The summed E-state index contributed by atoms with van der Waals surface area (Å²) in [5.74, 6) is -0.990. The molecule has 0 aliphatic carbocycles. The van der Waals surface area contributed by atoms with E-state index in [1.165, 1.54) is 19.1 Å². The summed E-state index contributed by atoms with van der Waals surface area (Å²) < 4.78 is 18.6. The number of hydrogen-bond donors (Lipinski definition) is 1. The molecular formula is C14H18FNO3. The molecule has 0 aliphatic rings. The molecule has 0 aromatic heterocycles. The van der Waals surface area contributed by atoms with Crippen molar-refractivity contribution in [3.05, 3.63) is 29.6 Å². The summed E-state index contributed by atoms with van der Waals surface area (Å²) in [6.07, 6.45) is -0.803. The maximum absolute atomic E-state index is 13.2. The fourth-order valence-electron chi connectivity index (χ4n) is 1.53. The van der Waals surface area contributed by atoms with Gasteiger partial charge < -0.3 is 10.1 Å². The van der Waals surface area contributed by atoms with E-state index in [0.29, 0.717) is 0 Å². The molecule has 0 spiro atoms. The molecule has 1 amide bonds. The van der Waals surface area contributed by atoms with E-state index >= 15 is 0 Å². The number of Topliss-reactive ketones (excluding diaryl/α,β-unsaturated/α-hetero) is 1. The predicted molar refractivity (Wildman–Crippen MR) is 69.8 cm³/mol. The number of halogens is 1. The van der Waals surface area contributed by atoms with E-state index in [0.717, 1.165) is 6.07 Å². The molecule has 0 saturated carbocycles. The smallest absolute Gasteiger partial charge is 0.260 e. The first-order chi connectivity index (χ1) is 8.81. The molecule has 5 heteroatoms. The van der Waals surface area contributed by atoms with Crippen molar-refractivity contribution in [1.29, 1.82) is 0 Å². The molecule has 4 nitrogen and oxygen atoms in total. The Labute approximate surface area is 112 Å². The summed E-state index contributed by atoms with van der Waals surface area (Å²) >= 11 is 0. The fraction of sp³-hybridized carbons (Fsp3) is 0.429. The van der Waals surface area contributed by atoms with E-state index in [4.69, 9.17) is 4.74 Å². The largest absolute Gasteiger partial charge is 0.480 e. The van der Waals surface area contributed by atoms with Gasteiger partial charge in [0.1, 0.15) is 11.6 Å². The second-order valence-corrected chi connectivity index (χ2v) is 4.62. The SMILES string of the molecule is CC(=O)c1ccc(F)cc1OC(C)C(=O)NC(C)C. The normalized spacial score (nSPS) is 12.1.